The Hall–Kier alpha value is -2.14. The van der Waals surface area contributed by atoms with Crippen LogP contribution in [-0.4, -0.2) is 59.3 Å². The normalized spacial score (nSPS) is 19.2. The van der Waals surface area contributed by atoms with Crippen LogP contribution in [0.3, 0.4) is 0 Å². The second-order valence-corrected chi connectivity index (χ2v) is 10.3. The van der Waals surface area contributed by atoms with Gasteiger partial charge in [-0.25, -0.2) is 4.79 Å². The number of nitrogens with one attached hydrogen (secondary N) is 1. The summed E-state index contributed by atoms with van der Waals surface area (Å²) in [6, 6.07) is 3.01. The third-order valence-corrected chi connectivity index (χ3v) is 7.15. The van der Waals surface area contributed by atoms with E-state index in [1.807, 2.05) is 17.5 Å². The summed E-state index contributed by atoms with van der Waals surface area (Å²) in [5.41, 5.74) is 5.06. The minimum atomic E-state index is -1.22. The number of allylic oxidation sites excluding steroid dienone is 2. The Balaban J connectivity index is 1.78. The summed E-state index contributed by atoms with van der Waals surface area (Å²) >= 11 is 6.02. The molecule has 33 heavy (non-hydrogen) atoms. The molecule has 180 valence electrons. The van der Waals surface area contributed by atoms with Crippen LogP contribution >= 0.6 is 24.0 Å². The van der Waals surface area contributed by atoms with Crippen LogP contribution in [-0.2, 0) is 23.9 Å². The molecule has 0 spiro atoms. The van der Waals surface area contributed by atoms with Crippen LogP contribution in [0.5, 0.6) is 0 Å². The number of hydrogen-bond acceptors (Lipinski definition) is 8. The molecule has 2 aliphatic rings. The highest BCUT2D eigenvalue weighted by Crippen LogP contribution is 2.31. The fourth-order valence-corrected chi connectivity index (χ4v) is 4.81. The van der Waals surface area contributed by atoms with Crippen molar-refractivity contribution in [3.8, 4) is 0 Å². The van der Waals surface area contributed by atoms with Gasteiger partial charge in [0, 0.05) is 13.2 Å². The Bertz CT molecular complexity index is 934. The van der Waals surface area contributed by atoms with Gasteiger partial charge in [-0.3, -0.25) is 9.59 Å². The summed E-state index contributed by atoms with van der Waals surface area (Å²) < 4.78 is 10.7. The number of nitrogens with zero attached hydrogens (tertiary/aromatic N) is 1. The van der Waals surface area contributed by atoms with Gasteiger partial charge in [-0.2, -0.15) is 12.6 Å². The number of amides is 2. The molecule has 8 nitrogen and oxygen atoms in total. The number of carbonyl (C=O) groups excluding carboxylic acids is 3. The smallest absolute Gasteiger partial charge is 0.327 e. The molecule has 3 rings (SSSR count). The predicted octanol–water partition coefficient (Wildman–Crippen LogP) is 2.33. The van der Waals surface area contributed by atoms with Crippen LogP contribution in [0.15, 0.2) is 35.4 Å². The van der Waals surface area contributed by atoms with Crippen molar-refractivity contribution < 1.29 is 23.9 Å². The highest BCUT2D eigenvalue weighted by molar-refractivity contribution is 7.81. The first kappa shape index (κ1) is 25.5. The summed E-state index contributed by atoms with van der Waals surface area (Å²) in [7, 11) is 0. The van der Waals surface area contributed by atoms with Crippen LogP contribution in [0.2, 0.25) is 0 Å². The largest absolute Gasteiger partial charge is 0.428 e. The number of hydrogen-bond donors (Lipinski definition) is 3. The van der Waals surface area contributed by atoms with Crippen molar-refractivity contribution >= 4 is 47.4 Å². The van der Waals surface area contributed by atoms with E-state index in [2.05, 4.69) is 17.9 Å². The lowest BCUT2D eigenvalue weighted by atomic mass is 9.94. The van der Waals surface area contributed by atoms with E-state index in [9.17, 15) is 14.4 Å². The van der Waals surface area contributed by atoms with Crippen LogP contribution in [0.1, 0.15) is 38.5 Å². The maximum Gasteiger partial charge on any atom is 0.327 e. The van der Waals surface area contributed by atoms with Gasteiger partial charge in [-0.1, -0.05) is 6.07 Å². The molecule has 2 aliphatic heterocycles. The topological polar surface area (TPSA) is 111 Å². The number of nitrogens with two attached hydrogens (primary N) is 1. The van der Waals surface area contributed by atoms with Gasteiger partial charge in [-0.05, 0) is 63.1 Å². The Morgan fingerprint density at radius 3 is 2.61 bits per heavy atom. The van der Waals surface area contributed by atoms with Gasteiger partial charge < -0.3 is 25.4 Å². The van der Waals surface area contributed by atoms with Gasteiger partial charge >= 0.3 is 5.97 Å². The summed E-state index contributed by atoms with van der Waals surface area (Å²) in [5.74, 6) is -0.797. The van der Waals surface area contributed by atoms with Gasteiger partial charge in [0.1, 0.15) is 17.3 Å². The van der Waals surface area contributed by atoms with Crippen molar-refractivity contribution in [1.82, 2.24) is 10.2 Å². The molecule has 3 heterocycles. The molecule has 3 N–H and O–H groups in total. The monoisotopic (exact) mass is 493 g/mol. The average molecular weight is 494 g/mol. The molecule has 0 bridgehead atoms. The number of carbonyl (C=O) groups is 3. The molecule has 2 atom stereocenters. The maximum atomic E-state index is 13.7. The fourth-order valence-electron chi connectivity index (χ4n) is 3.68. The Morgan fingerprint density at radius 2 is 2.00 bits per heavy atom. The Kier molecular flexibility index (Phi) is 8.38. The molecule has 0 unspecified atom stereocenters. The Morgan fingerprint density at radius 1 is 1.30 bits per heavy atom. The highest BCUT2D eigenvalue weighted by atomic mass is 32.1. The van der Waals surface area contributed by atoms with E-state index >= 15 is 0 Å². The molecule has 1 aromatic rings. The SMILES string of the molecule is C[C@H](N)C(=O)OC1=CC=C(c2cccs2)N(C(=O)C(C)(C)NC(=O)[C@@H](S)C2CCOCC2)C1. The zero-order valence-corrected chi connectivity index (χ0v) is 20.8. The van der Waals surface area contributed by atoms with E-state index in [1.165, 1.54) is 23.2 Å². The highest BCUT2D eigenvalue weighted by Gasteiger charge is 2.39. The maximum absolute atomic E-state index is 13.7. The van der Waals surface area contributed by atoms with Gasteiger partial charge in [0.15, 0.2) is 0 Å². The second kappa shape index (κ2) is 10.9. The Labute approximate surface area is 203 Å². The third-order valence-electron chi connectivity index (χ3n) is 5.61. The molecule has 0 aliphatic carbocycles. The molecule has 0 aromatic carbocycles. The lowest BCUT2D eigenvalue weighted by Gasteiger charge is -2.36. The molecule has 10 heteroatoms. The summed E-state index contributed by atoms with van der Waals surface area (Å²) in [4.78, 5) is 41.0. The van der Waals surface area contributed by atoms with Gasteiger partial charge in [0.2, 0.25) is 5.91 Å². The first-order valence-corrected chi connectivity index (χ1v) is 12.3. The lowest BCUT2D eigenvalue weighted by molar-refractivity contribution is -0.142. The standard InChI is InChI=1S/C23H31N3O5S2/c1-14(24)21(28)31-16-6-7-17(18-5-4-12-33-18)26(13-16)22(29)23(2,3)25-20(27)19(32)15-8-10-30-11-9-15/h4-7,12,14-15,19,32H,8-11,13,24H2,1-3H3,(H,25,27)/t14-,19-/m0/s1. The number of ether oxygens (including phenoxy) is 2. The zero-order chi connectivity index (χ0) is 24.2. The minimum Gasteiger partial charge on any atom is -0.428 e. The van der Waals surface area contributed by atoms with Gasteiger partial charge in [0.25, 0.3) is 5.91 Å². The number of rotatable bonds is 7. The average Bonchev–Trinajstić information content (AvgIpc) is 3.33. The van der Waals surface area contributed by atoms with Crippen molar-refractivity contribution in [1.29, 1.82) is 0 Å². The number of esters is 1. The third kappa shape index (κ3) is 6.26. The summed E-state index contributed by atoms with van der Waals surface area (Å²) in [6.45, 7) is 6.12. The van der Waals surface area contributed by atoms with Gasteiger partial charge in [-0.15, -0.1) is 11.3 Å². The quantitative estimate of drug-likeness (QED) is 0.397. The van der Waals surface area contributed by atoms with E-state index in [4.69, 9.17) is 15.2 Å². The van der Waals surface area contributed by atoms with Gasteiger partial charge in [0.05, 0.1) is 22.4 Å². The molecular weight excluding hydrogens is 462 g/mol. The number of thiol groups is 1. The zero-order valence-electron chi connectivity index (χ0n) is 19.1. The van der Waals surface area contributed by atoms with Crippen LogP contribution < -0.4 is 11.1 Å². The minimum absolute atomic E-state index is 0.0462. The molecule has 2 amide bonds. The molecule has 0 radical (unpaired) electrons. The van der Waals surface area contributed by atoms with E-state index < -0.39 is 22.8 Å². The van der Waals surface area contributed by atoms with Crippen molar-refractivity contribution in [3.63, 3.8) is 0 Å². The van der Waals surface area contributed by atoms with Crippen LogP contribution in [0.4, 0.5) is 0 Å². The van der Waals surface area contributed by atoms with E-state index in [0.717, 1.165) is 17.7 Å². The van der Waals surface area contributed by atoms with E-state index in [0.29, 0.717) is 24.7 Å². The van der Waals surface area contributed by atoms with Crippen molar-refractivity contribution in [2.24, 2.45) is 11.7 Å². The first-order chi connectivity index (χ1) is 15.6. The van der Waals surface area contributed by atoms with E-state index in [-0.39, 0.29) is 24.3 Å². The second-order valence-electron chi connectivity index (χ2n) is 8.77. The molecule has 1 saturated heterocycles. The lowest BCUT2D eigenvalue weighted by Crippen LogP contribution is -2.58. The van der Waals surface area contributed by atoms with Crippen molar-refractivity contribution in [2.45, 2.75) is 50.4 Å². The van der Waals surface area contributed by atoms with E-state index in [1.54, 1.807) is 26.0 Å². The molecule has 1 fully saturated rings. The fraction of sp³-hybridized carbons (Fsp3) is 0.522. The molecular formula is C23H31N3O5S2. The van der Waals surface area contributed by atoms with Crippen molar-refractivity contribution in [2.75, 3.05) is 19.8 Å². The molecule has 0 saturated carbocycles. The summed E-state index contributed by atoms with van der Waals surface area (Å²) in [6.07, 6.45) is 4.91. The molecule has 1 aromatic heterocycles. The summed E-state index contributed by atoms with van der Waals surface area (Å²) in [5, 5.41) is 4.26. The van der Waals surface area contributed by atoms with Crippen LogP contribution in [0, 0.1) is 5.92 Å². The van der Waals surface area contributed by atoms with Crippen LogP contribution in [0.25, 0.3) is 5.70 Å². The van der Waals surface area contributed by atoms with Crippen molar-refractivity contribution in [3.05, 3.63) is 40.3 Å². The number of thiophene rings is 1. The first-order valence-electron chi connectivity index (χ1n) is 10.9. The predicted molar refractivity (Wildman–Crippen MR) is 130 cm³/mol.